The summed E-state index contributed by atoms with van der Waals surface area (Å²) in [6.07, 6.45) is 1.18. The Balaban J connectivity index is 2.82. The highest BCUT2D eigenvalue weighted by Gasteiger charge is 2.35. The molecule has 0 fully saturated rings. The van der Waals surface area contributed by atoms with Crippen molar-refractivity contribution in [2.45, 2.75) is 5.92 Å². The maximum absolute atomic E-state index is 12.6. The summed E-state index contributed by atoms with van der Waals surface area (Å²) < 4.78 is 37.5. The van der Waals surface area contributed by atoms with Crippen molar-refractivity contribution in [2.24, 2.45) is 0 Å². The van der Waals surface area contributed by atoms with Gasteiger partial charge in [-0.3, -0.25) is 0 Å². The molecule has 15 heavy (non-hydrogen) atoms. The molecule has 0 unspecified atom stereocenters. The quantitative estimate of drug-likeness (QED) is 0.842. The predicted molar refractivity (Wildman–Crippen MR) is 48.0 cm³/mol. The van der Waals surface area contributed by atoms with E-state index < -0.39 is 17.7 Å². The number of rotatable bonds is 3. The van der Waals surface area contributed by atoms with Crippen LogP contribution in [-0.4, -0.2) is 17.0 Å². The summed E-state index contributed by atoms with van der Waals surface area (Å²) in [4.78, 5) is 10.0. The van der Waals surface area contributed by atoms with Gasteiger partial charge in [0, 0.05) is 0 Å². The summed E-state index contributed by atoms with van der Waals surface area (Å²) in [7, 11) is 0. The van der Waals surface area contributed by atoms with Crippen LogP contribution in [0.2, 0.25) is 0 Å². The van der Waals surface area contributed by atoms with Gasteiger partial charge in [0.2, 0.25) is 0 Å². The molecule has 0 aliphatic heterocycles. The summed E-state index contributed by atoms with van der Waals surface area (Å²) in [5.41, 5.74) is 0.303. The van der Waals surface area contributed by atoms with Gasteiger partial charge in [-0.05, 0) is 23.8 Å². The van der Waals surface area contributed by atoms with Crippen LogP contribution >= 0.6 is 0 Å². The van der Waals surface area contributed by atoms with Crippen LogP contribution in [0.4, 0.5) is 13.2 Å². The fourth-order valence-electron chi connectivity index (χ4n) is 0.846. The lowest BCUT2D eigenvalue weighted by molar-refractivity contribution is -0.157. The van der Waals surface area contributed by atoms with Crippen molar-refractivity contribution < 1.29 is 23.1 Å². The molecule has 0 radical (unpaired) electrons. The molecule has 0 aromatic heterocycles. The average Bonchev–Trinajstić information content (AvgIpc) is 2.17. The Bertz CT molecular complexity index is 382. The topological polar surface area (TPSA) is 37.3 Å². The molecule has 0 saturated carbocycles. The molecule has 0 atom stereocenters. The van der Waals surface area contributed by atoms with Gasteiger partial charge in [0.25, 0.3) is 0 Å². The minimum Gasteiger partial charge on any atom is -0.477 e. The van der Waals surface area contributed by atoms with E-state index in [9.17, 15) is 18.0 Å². The maximum Gasteiger partial charge on any atom is 0.378 e. The summed E-state index contributed by atoms with van der Waals surface area (Å²) in [5, 5.41) is 8.10. The van der Waals surface area contributed by atoms with E-state index >= 15 is 0 Å². The van der Waals surface area contributed by atoms with Gasteiger partial charge in [-0.25, -0.2) is 9.18 Å². The van der Waals surface area contributed by atoms with Crippen molar-refractivity contribution in [1.29, 1.82) is 0 Å². The molecule has 2 nitrogen and oxygen atoms in total. The van der Waals surface area contributed by atoms with Gasteiger partial charge in [-0.1, -0.05) is 18.2 Å². The van der Waals surface area contributed by atoms with E-state index in [-0.39, 0.29) is 6.08 Å². The zero-order chi connectivity index (χ0) is 11.5. The highest BCUT2D eigenvalue weighted by molar-refractivity contribution is 5.79. The van der Waals surface area contributed by atoms with E-state index in [0.717, 1.165) is 18.2 Å². The molecule has 80 valence electrons. The maximum atomic E-state index is 12.6. The van der Waals surface area contributed by atoms with Crippen LogP contribution in [0.3, 0.4) is 0 Å². The van der Waals surface area contributed by atoms with Crippen molar-refractivity contribution in [1.82, 2.24) is 0 Å². The number of benzene rings is 1. The number of carbonyl (C=O) groups is 1. The van der Waals surface area contributed by atoms with Gasteiger partial charge in [-0.2, -0.15) is 8.78 Å². The lowest BCUT2D eigenvalue weighted by Gasteiger charge is -2.03. The predicted octanol–water partition coefficient (Wildman–Crippen LogP) is 2.56. The summed E-state index contributed by atoms with van der Waals surface area (Å²) in [6.45, 7) is 0. The molecule has 1 N–H and O–H groups in total. The van der Waals surface area contributed by atoms with Crippen LogP contribution in [0.5, 0.6) is 0 Å². The van der Waals surface area contributed by atoms with Gasteiger partial charge in [0.1, 0.15) is 5.82 Å². The van der Waals surface area contributed by atoms with E-state index in [1.807, 2.05) is 0 Å². The number of hydrogen-bond donors (Lipinski definition) is 1. The summed E-state index contributed by atoms with van der Waals surface area (Å²) in [5.74, 6) is -6.62. The van der Waals surface area contributed by atoms with E-state index in [0.29, 0.717) is 5.56 Å². The zero-order valence-corrected chi connectivity index (χ0v) is 7.45. The number of hydrogen-bond acceptors (Lipinski definition) is 1. The van der Waals surface area contributed by atoms with Crippen molar-refractivity contribution in [2.75, 3.05) is 0 Å². The van der Waals surface area contributed by atoms with Gasteiger partial charge >= 0.3 is 11.9 Å². The highest BCUT2D eigenvalue weighted by Crippen LogP contribution is 2.17. The van der Waals surface area contributed by atoms with E-state index in [1.165, 1.54) is 12.1 Å². The molecule has 1 rings (SSSR count). The third-order valence-corrected chi connectivity index (χ3v) is 1.64. The fourth-order valence-corrected chi connectivity index (χ4v) is 0.846. The van der Waals surface area contributed by atoms with Crippen LogP contribution in [0, 0.1) is 5.82 Å². The van der Waals surface area contributed by atoms with Gasteiger partial charge in [-0.15, -0.1) is 0 Å². The lowest BCUT2D eigenvalue weighted by Crippen LogP contribution is -2.24. The third kappa shape index (κ3) is 3.12. The Morgan fingerprint density at radius 2 is 1.80 bits per heavy atom. The molecule has 1 aromatic carbocycles. The Hall–Kier alpha value is -1.78. The zero-order valence-electron chi connectivity index (χ0n) is 7.45. The van der Waals surface area contributed by atoms with E-state index in [4.69, 9.17) is 5.11 Å². The summed E-state index contributed by atoms with van der Waals surface area (Å²) >= 11 is 0. The molecule has 0 aliphatic carbocycles. The second-order valence-corrected chi connectivity index (χ2v) is 2.81. The first kappa shape index (κ1) is 11.3. The molecule has 5 heteroatoms. The molecular formula is C10H7F3O2. The van der Waals surface area contributed by atoms with Gasteiger partial charge < -0.3 is 5.11 Å². The third-order valence-electron chi connectivity index (χ3n) is 1.64. The number of carboxylic acids is 1. The molecule has 0 spiro atoms. The Morgan fingerprint density at radius 3 is 2.27 bits per heavy atom. The molecule has 1 aromatic rings. The van der Waals surface area contributed by atoms with Crippen molar-refractivity contribution in [3.8, 4) is 0 Å². The van der Waals surface area contributed by atoms with Crippen LogP contribution in [0.1, 0.15) is 5.56 Å². The lowest BCUT2D eigenvalue weighted by atomic mass is 10.2. The summed E-state index contributed by atoms with van der Waals surface area (Å²) in [6, 6.07) is 4.73. The molecule has 0 bridgehead atoms. The number of alkyl halides is 2. The number of carboxylic acid groups (broad SMARTS) is 1. The largest absolute Gasteiger partial charge is 0.477 e. The molecular weight excluding hydrogens is 209 g/mol. The van der Waals surface area contributed by atoms with Crippen LogP contribution < -0.4 is 0 Å². The first-order chi connectivity index (χ1) is 6.92. The van der Waals surface area contributed by atoms with Crippen molar-refractivity contribution in [3.05, 3.63) is 41.7 Å². The molecule has 0 amide bonds. The highest BCUT2D eigenvalue weighted by atomic mass is 19.3. The van der Waals surface area contributed by atoms with Crippen LogP contribution in [-0.2, 0) is 4.79 Å². The molecule has 0 aliphatic rings. The van der Waals surface area contributed by atoms with Crippen LogP contribution in [0.15, 0.2) is 30.3 Å². The second kappa shape index (κ2) is 4.16. The Kier molecular flexibility index (Phi) is 3.14. The normalized spacial score (nSPS) is 11.9. The number of halogens is 3. The fraction of sp³-hybridized carbons (Fsp3) is 0.100. The van der Waals surface area contributed by atoms with Crippen molar-refractivity contribution >= 4 is 12.0 Å². The Labute approximate surface area is 83.7 Å². The Morgan fingerprint density at radius 1 is 1.27 bits per heavy atom. The van der Waals surface area contributed by atoms with Crippen molar-refractivity contribution in [3.63, 3.8) is 0 Å². The second-order valence-electron chi connectivity index (χ2n) is 2.81. The smallest absolute Gasteiger partial charge is 0.378 e. The number of aliphatic carboxylic acids is 1. The minimum atomic E-state index is -3.91. The average molecular weight is 216 g/mol. The molecule has 0 heterocycles. The van der Waals surface area contributed by atoms with Gasteiger partial charge in [0.15, 0.2) is 0 Å². The van der Waals surface area contributed by atoms with Gasteiger partial charge in [0.05, 0.1) is 0 Å². The SMILES string of the molecule is O=C(O)C(F)(F)/C=C/c1ccc(F)cc1. The monoisotopic (exact) mass is 216 g/mol. The standard InChI is InChI=1S/C10H7F3O2/c11-8-3-1-7(2-4-8)5-6-10(12,13)9(14)15/h1-6H,(H,14,15)/b6-5+. The molecule has 0 saturated heterocycles. The first-order valence-electron chi connectivity index (χ1n) is 3.98. The first-order valence-corrected chi connectivity index (χ1v) is 3.98. The van der Waals surface area contributed by atoms with Crippen LogP contribution in [0.25, 0.3) is 6.08 Å². The van der Waals surface area contributed by atoms with E-state index in [1.54, 1.807) is 0 Å². The van der Waals surface area contributed by atoms with E-state index in [2.05, 4.69) is 0 Å². The minimum absolute atomic E-state index is 0.253.